The van der Waals surface area contributed by atoms with Crippen molar-refractivity contribution in [2.24, 2.45) is 12.0 Å². The number of methoxy groups -OCH3 is 1. The molecule has 0 atom stereocenters. The van der Waals surface area contributed by atoms with Crippen molar-refractivity contribution in [3.05, 3.63) is 35.9 Å². The van der Waals surface area contributed by atoms with Crippen LogP contribution in [-0.2, 0) is 20.1 Å². The summed E-state index contributed by atoms with van der Waals surface area (Å²) in [7, 11) is 5.22. The molecule has 24 heavy (non-hydrogen) atoms. The molecule has 1 heterocycles. The summed E-state index contributed by atoms with van der Waals surface area (Å²) >= 11 is 0. The molecular weight excluding hydrogens is 308 g/mol. The second-order valence-corrected chi connectivity index (χ2v) is 5.00. The summed E-state index contributed by atoms with van der Waals surface area (Å²) in [5, 5.41) is 10.5. The van der Waals surface area contributed by atoms with Crippen LogP contribution in [0.25, 0.3) is 0 Å². The van der Waals surface area contributed by atoms with Crippen LogP contribution in [0.1, 0.15) is 18.3 Å². The van der Waals surface area contributed by atoms with Crippen molar-refractivity contribution >= 4 is 5.96 Å². The van der Waals surface area contributed by atoms with Gasteiger partial charge in [0.05, 0.1) is 20.3 Å². The minimum absolute atomic E-state index is 0.544. The number of benzene rings is 1. The van der Waals surface area contributed by atoms with E-state index in [1.54, 1.807) is 18.8 Å². The van der Waals surface area contributed by atoms with E-state index < -0.39 is 0 Å². The van der Waals surface area contributed by atoms with Crippen molar-refractivity contribution in [3.8, 4) is 11.5 Å². The molecule has 2 N–H and O–H groups in total. The van der Waals surface area contributed by atoms with E-state index in [0.717, 1.165) is 22.9 Å². The van der Waals surface area contributed by atoms with Crippen molar-refractivity contribution in [1.82, 2.24) is 25.4 Å². The van der Waals surface area contributed by atoms with Crippen molar-refractivity contribution in [1.29, 1.82) is 0 Å². The molecule has 130 valence electrons. The second-order valence-electron chi connectivity index (χ2n) is 5.00. The number of hydrogen-bond acceptors (Lipinski definition) is 5. The van der Waals surface area contributed by atoms with Gasteiger partial charge in [0.15, 0.2) is 17.5 Å². The van der Waals surface area contributed by atoms with Gasteiger partial charge in [-0.1, -0.05) is 6.07 Å². The van der Waals surface area contributed by atoms with E-state index in [1.807, 2.05) is 32.2 Å². The summed E-state index contributed by atoms with van der Waals surface area (Å²) in [6.07, 6.45) is 1.53. The molecule has 0 spiro atoms. The minimum Gasteiger partial charge on any atom is -0.493 e. The molecule has 1 aromatic heterocycles. The molecule has 0 amide bonds. The van der Waals surface area contributed by atoms with Crippen molar-refractivity contribution in [3.63, 3.8) is 0 Å². The number of rotatable bonds is 7. The largest absolute Gasteiger partial charge is 0.493 e. The van der Waals surface area contributed by atoms with Crippen LogP contribution in [0.15, 0.2) is 29.5 Å². The van der Waals surface area contributed by atoms with Gasteiger partial charge in [0, 0.05) is 20.6 Å². The quantitative estimate of drug-likeness (QED) is 0.583. The number of aryl methyl sites for hydroxylation is 1. The highest BCUT2D eigenvalue weighted by atomic mass is 16.5. The Balaban J connectivity index is 1.92. The van der Waals surface area contributed by atoms with E-state index in [-0.39, 0.29) is 0 Å². The van der Waals surface area contributed by atoms with Crippen LogP contribution in [0.2, 0.25) is 0 Å². The van der Waals surface area contributed by atoms with Gasteiger partial charge in [-0.2, -0.15) is 5.10 Å². The first-order chi connectivity index (χ1) is 11.7. The molecule has 8 nitrogen and oxygen atoms in total. The van der Waals surface area contributed by atoms with Crippen LogP contribution in [0.4, 0.5) is 0 Å². The molecular formula is C16H24N6O2. The Morgan fingerprint density at radius 1 is 1.25 bits per heavy atom. The lowest BCUT2D eigenvalue weighted by molar-refractivity contribution is 0.310. The first-order valence-corrected chi connectivity index (χ1v) is 7.75. The molecule has 0 aliphatic rings. The molecule has 0 saturated heterocycles. The van der Waals surface area contributed by atoms with Crippen molar-refractivity contribution in [2.75, 3.05) is 20.8 Å². The maximum atomic E-state index is 5.52. The van der Waals surface area contributed by atoms with Gasteiger partial charge in [-0.15, -0.1) is 0 Å². The zero-order valence-electron chi connectivity index (χ0n) is 14.5. The second kappa shape index (κ2) is 8.76. The number of hydrogen-bond donors (Lipinski definition) is 2. The highest BCUT2D eigenvalue weighted by Gasteiger charge is 2.07. The standard InChI is InChI=1S/C16H24N6O2/c1-5-24-13-7-6-12(8-14(13)23-4)9-18-16(17-2)19-10-15-20-11-21-22(15)3/h6-8,11H,5,9-10H2,1-4H3,(H2,17,18,19). The number of ether oxygens (including phenoxy) is 2. The monoisotopic (exact) mass is 332 g/mol. The molecule has 0 bridgehead atoms. The number of aromatic nitrogens is 3. The topological polar surface area (TPSA) is 85.6 Å². The number of nitrogens with one attached hydrogen (secondary N) is 2. The van der Waals surface area contributed by atoms with Crippen LogP contribution in [0.5, 0.6) is 11.5 Å². The van der Waals surface area contributed by atoms with E-state index in [4.69, 9.17) is 9.47 Å². The average molecular weight is 332 g/mol. The van der Waals surface area contributed by atoms with Crippen LogP contribution in [0, 0.1) is 0 Å². The van der Waals surface area contributed by atoms with Gasteiger partial charge >= 0.3 is 0 Å². The summed E-state index contributed by atoms with van der Waals surface area (Å²) in [5.41, 5.74) is 1.07. The SMILES string of the molecule is CCOc1ccc(CNC(=NC)NCc2ncnn2C)cc1OC. The fraction of sp³-hybridized carbons (Fsp3) is 0.438. The lowest BCUT2D eigenvalue weighted by Gasteiger charge is -2.14. The Morgan fingerprint density at radius 2 is 2.04 bits per heavy atom. The first kappa shape index (κ1) is 17.6. The van der Waals surface area contributed by atoms with Gasteiger partial charge in [0.2, 0.25) is 0 Å². The lowest BCUT2D eigenvalue weighted by Crippen LogP contribution is -2.36. The number of guanidine groups is 1. The van der Waals surface area contributed by atoms with E-state index in [2.05, 4.69) is 25.7 Å². The van der Waals surface area contributed by atoms with Gasteiger partial charge < -0.3 is 20.1 Å². The van der Waals surface area contributed by atoms with Gasteiger partial charge in [-0.25, -0.2) is 4.98 Å². The molecule has 2 rings (SSSR count). The third-order valence-electron chi connectivity index (χ3n) is 3.43. The van der Waals surface area contributed by atoms with Gasteiger partial charge in [0.25, 0.3) is 0 Å². The smallest absolute Gasteiger partial charge is 0.191 e. The number of aliphatic imine (C=N–C) groups is 1. The Morgan fingerprint density at radius 3 is 2.67 bits per heavy atom. The maximum Gasteiger partial charge on any atom is 0.191 e. The Labute approximate surface area is 141 Å². The zero-order chi connectivity index (χ0) is 17.4. The van der Waals surface area contributed by atoms with E-state index in [9.17, 15) is 0 Å². The Hall–Kier alpha value is -2.77. The predicted octanol–water partition coefficient (Wildman–Crippen LogP) is 1.09. The normalized spacial score (nSPS) is 11.2. The van der Waals surface area contributed by atoms with Crippen LogP contribution in [-0.4, -0.2) is 41.5 Å². The van der Waals surface area contributed by atoms with Crippen LogP contribution >= 0.6 is 0 Å². The van der Waals surface area contributed by atoms with Gasteiger partial charge in [0.1, 0.15) is 12.2 Å². The molecule has 0 unspecified atom stereocenters. The number of nitrogens with zero attached hydrogens (tertiary/aromatic N) is 4. The summed E-state index contributed by atoms with van der Waals surface area (Å²) in [5.74, 6) is 2.98. The summed E-state index contributed by atoms with van der Waals surface area (Å²) < 4.78 is 12.6. The van der Waals surface area contributed by atoms with Crippen molar-refractivity contribution < 1.29 is 9.47 Å². The minimum atomic E-state index is 0.544. The maximum absolute atomic E-state index is 5.52. The van der Waals surface area contributed by atoms with E-state index in [1.165, 1.54) is 6.33 Å². The molecule has 0 radical (unpaired) electrons. The third-order valence-corrected chi connectivity index (χ3v) is 3.43. The molecule has 1 aromatic carbocycles. The third kappa shape index (κ3) is 4.61. The van der Waals surface area contributed by atoms with Gasteiger partial charge in [-0.3, -0.25) is 9.67 Å². The molecule has 8 heteroatoms. The van der Waals surface area contributed by atoms with Crippen molar-refractivity contribution in [2.45, 2.75) is 20.0 Å². The van der Waals surface area contributed by atoms with E-state index in [0.29, 0.717) is 25.7 Å². The predicted molar refractivity (Wildman–Crippen MR) is 92.2 cm³/mol. The fourth-order valence-electron chi connectivity index (χ4n) is 2.15. The molecule has 2 aromatic rings. The molecule has 0 aliphatic carbocycles. The Kier molecular flexibility index (Phi) is 6.41. The highest BCUT2D eigenvalue weighted by Crippen LogP contribution is 2.27. The average Bonchev–Trinajstić information content (AvgIpc) is 3.01. The fourth-order valence-corrected chi connectivity index (χ4v) is 2.15. The van der Waals surface area contributed by atoms with E-state index >= 15 is 0 Å². The molecule has 0 fully saturated rings. The lowest BCUT2D eigenvalue weighted by atomic mass is 10.2. The molecule has 0 saturated carbocycles. The summed E-state index contributed by atoms with van der Waals surface area (Å²) in [6, 6.07) is 5.86. The summed E-state index contributed by atoms with van der Waals surface area (Å²) in [6.45, 7) is 3.71. The first-order valence-electron chi connectivity index (χ1n) is 7.75. The Bertz CT molecular complexity index is 683. The van der Waals surface area contributed by atoms with Gasteiger partial charge in [-0.05, 0) is 24.6 Å². The zero-order valence-corrected chi connectivity index (χ0v) is 14.5. The highest BCUT2D eigenvalue weighted by molar-refractivity contribution is 5.79. The van der Waals surface area contributed by atoms with Crippen LogP contribution < -0.4 is 20.1 Å². The summed E-state index contributed by atoms with van der Waals surface area (Å²) in [4.78, 5) is 8.37. The van der Waals surface area contributed by atoms with Crippen LogP contribution in [0.3, 0.4) is 0 Å². The molecule has 0 aliphatic heterocycles.